The highest BCUT2D eigenvalue weighted by Gasteiger charge is 2.16. The summed E-state index contributed by atoms with van der Waals surface area (Å²) in [5, 5.41) is 10.6. The number of aryl methyl sites for hydroxylation is 1. The molecule has 0 radical (unpaired) electrons. The molecule has 3 aromatic heterocycles. The van der Waals surface area contributed by atoms with Gasteiger partial charge in [0, 0.05) is 41.6 Å². The molecule has 0 unspecified atom stereocenters. The molecule has 1 aromatic carbocycles. The molecule has 0 saturated heterocycles. The minimum Gasteiger partial charge on any atom is -0.486 e. The third-order valence-corrected chi connectivity index (χ3v) is 6.49. The summed E-state index contributed by atoms with van der Waals surface area (Å²) in [5.74, 6) is 0.602. The molecule has 186 valence electrons. The Bertz CT molecular complexity index is 1650. The second-order valence-electron chi connectivity index (χ2n) is 8.48. The van der Waals surface area contributed by atoms with Crippen LogP contribution in [0.15, 0.2) is 76.3 Å². The molecule has 7 nitrogen and oxygen atoms in total. The van der Waals surface area contributed by atoms with Gasteiger partial charge < -0.3 is 9.30 Å². The fourth-order valence-electron chi connectivity index (χ4n) is 4.16. The van der Waals surface area contributed by atoms with E-state index in [1.807, 2.05) is 57.2 Å². The number of nitrogens with zero attached hydrogens (tertiary/aromatic N) is 5. The third-order valence-electron chi connectivity index (χ3n) is 6.14. The molecule has 4 aromatic rings. The van der Waals surface area contributed by atoms with Crippen LogP contribution in [-0.4, -0.2) is 27.3 Å². The van der Waals surface area contributed by atoms with Crippen LogP contribution in [0.3, 0.4) is 0 Å². The predicted molar refractivity (Wildman–Crippen MR) is 146 cm³/mol. The van der Waals surface area contributed by atoms with Crippen molar-refractivity contribution in [3.63, 3.8) is 0 Å². The minimum absolute atomic E-state index is 0.0680. The fourth-order valence-corrected chi connectivity index (χ4v) is 4.38. The monoisotopic (exact) mass is 511 g/mol. The Hall–Kier alpha value is -4.28. The summed E-state index contributed by atoms with van der Waals surface area (Å²) in [6.07, 6.45) is 5.24. The highest BCUT2D eigenvalue weighted by atomic mass is 35.5. The van der Waals surface area contributed by atoms with Crippen molar-refractivity contribution in [3.05, 3.63) is 110 Å². The summed E-state index contributed by atoms with van der Waals surface area (Å²) in [6.45, 7) is 6.26. The molecule has 8 heteroatoms. The number of halogens is 1. The smallest absolute Gasteiger partial charge is 0.268 e. The molecular formula is C29H26ClN5O2. The van der Waals surface area contributed by atoms with Gasteiger partial charge in [-0.15, -0.1) is 0 Å². The Morgan fingerprint density at radius 2 is 2.08 bits per heavy atom. The van der Waals surface area contributed by atoms with Gasteiger partial charge >= 0.3 is 0 Å². The Labute approximate surface area is 220 Å². The van der Waals surface area contributed by atoms with E-state index in [-0.39, 0.29) is 24.3 Å². The summed E-state index contributed by atoms with van der Waals surface area (Å²) >= 11 is 6.54. The minimum atomic E-state index is -0.385. The van der Waals surface area contributed by atoms with E-state index in [4.69, 9.17) is 21.3 Å². The number of hydrogen-bond acceptors (Lipinski definition) is 6. The average molecular weight is 512 g/mol. The van der Waals surface area contributed by atoms with Gasteiger partial charge in [0.15, 0.2) is 0 Å². The van der Waals surface area contributed by atoms with Crippen LogP contribution in [0, 0.1) is 18.3 Å². The van der Waals surface area contributed by atoms with Crippen LogP contribution in [0.1, 0.15) is 41.9 Å². The molecule has 0 aliphatic heterocycles. The van der Waals surface area contributed by atoms with Crippen LogP contribution in [0.5, 0.6) is 5.75 Å². The van der Waals surface area contributed by atoms with Crippen molar-refractivity contribution >= 4 is 28.2 Å². The molecule has 0 atom stereocenters. The highest BCUT2D eigenvalue weighted by Crippen LogP contribution is 2.30. The Morgan fingerprint density at radius 1 is 1.27 bits per heavy atom. The van der Waals surface area contributed by atoms with Gasteiger partial charge in [0.25, 0.3) is 5.56 Å². The van der Waals surface area contributed by atoms with Gasteiger partial charge in [-0.3, -0.25) is 14.8 Å². The van der Waals surface area contributed by atoms with Crippen LogP contribution >= 0.6 is 11.6 Å². The van der Waals surface area contributed by atoms with Crippen LogP contribution in [0.4, 0.5) is 0 Å². The second kappa shape index (κ2) is 11.2. The zero-order valence-corrected chi connectivity index (χ0v) is 21.9. The molecule has 0 aliphatic rings. The second-order valence-corrected chi connectivity index (χ2v) is 8.89. The van der Waals surface area contributed by atoms with Gasteiger partial charge in [-0.25, -0.2) is 4.98 Å². The maximum Gasteiger partial charge on any atom is 0.268 e. The van der Waals surface area contributed by atoms with E-state index in [0.29, 0.717) is 22.0 Å². The predicted octanol–water partition coefficient (Wildman–Crippen LogP) is 5.64. The molecule has 0 amide bonds. The number of ether oxygens (including phenoxy) is 1. The van der Waals surface area contributed by atoms with Gasteiger partial charge in [0.1, 0.15) is 29.5 Å². The number of aliphatic imine (C=N–C) groups is 1. The van der Waals surface area contributed by atoms with Crippen molar-refractivity contribution in [1.82, 2.24) is 14.5 Å². The number of aromatic nitrogens is 3. The number of hydrogen-bond donors (Lipinski definition) is 0. The van der Waals surface area contributed by atoms with Crippen molar-refractivity contribution in [2.75, 3.05) is 7.05 Å². The van der Waals surface area contributed by atoms with E-state index in [1.165, 1.54) is 10.6 Å². The maximum atomic E-state index is 12.6. The first-order valence-electron chi connectivity index (χ1n) is 11.7. The van der Waals surface area contributed by atoms with E-state index < -0.39 is 0 Å². The van der Waals surface area contributed by atoms with E-state index in [9.17, 15) is 10.1 Å². The number of fused-ring (bicyclic) bond motifs is 1. The van der Waals surface area contributed by atoms with E-state index in [1.54, 1.807) is 31.6 Å². The first-order valence-corrected chi connectivity index (χ1v) is 12.1. The lowest BCUT2D eigenvalue weighted by Crippen LogP contribution is -2.23. The Balaban J connectivity index is 1.72. The van der Waals surface area contributed by atoms with E-state index in [0.717, 1.165) is 33.4 Å². The van der Waals surface area contributed by atoms with Crippen molar-refractivity contribution in [2.24, 2.45) is 4.99 Å². The van der Waals surface area contributed by atoms with Crippen molar-refractivity contribution < 1.29 is 4.74 Å². The van der Waals surface area contributed by atoms with Gasteiger partial charge in [0.2, 0.25) is 0 Å². The zero-order chi connectivity index (χ0) is 26.5. The lowest BCUT2D eigenvalue weighted by atomic mass is 9.98. The molecule has 37 heavy (non-hydrogen) atoms. The SMILES string of the molecule is C/C=C(/C)C(=NC)c1cc(C)nc2c(OCc3c(Cl)ccnc3Cn3cccc(C#N)c3=O)cccc12. The number of nitriles is 1. The number of pyridine rings is 3. The van der Waals surface area contributed by atoms with Crippen LogP contribution in [-0.2, 0) is 13.2 Å². The standard InChI is InChI=1S/C29H26ClN5O2/c1-5-18(2)27(32-4)22-14-19(3)34-28-21(22)9-6-10-26(28)37-17-23-24(30)11-12-33-25(23)16-35-13-7-8-20(15-31)29(35)36/h5-14H,16-17H2,1-4H3/b18-5-,32-27?. The largest absolute Gasteiger partial charge is 0.486 e. The van der Waals surface area contributed by atoms with Gasteiger partial charge in [-0.1, -0.05) is 29.8 Å². The summed E-state index contributed by atoms with van der Waals surface area (Å²) in [7, 11) is 1.79. The van der Waals surface area contributed by atoms with E-state index >= 15 is 0 Å². The maximum absolute atomic E-state index is 12.6. The molecule has 0 aliphatic carbocycles. The van der Waals surface area contributed by atoms with Gasteiger partial charge in [-0.2, -0.15) is 5.26 Å². The van der Waals surface area contributed by atoms with Crippen LogP contribution in [0.2, 0.25) is 5.02 Å². The molecule has 0 fully saturated rings. The first kappa shape index (κ1) is 25.8. The summed E-state index contributed by atoms with van der Waals surface area (Å²) < 4.78 is 7.70. The summed E-state index contributed by atoms with van der Waals surface area (Å²) in [4.78, 5) is 26.3. The molecule has 0 N–H and O–H groups in total. The normalized spacial score (nSPS) is 12.0. The topological polar surface area (TPSA) is 93.2 Å². The van der Waals surface area contributed by atoms with Crippen molar-refractivity contribution in [1.29, 1.82) is 5.26 Å². The van der Waals surface area contributed by atoms with Gasteiger partial charge in [0.05, 0.1) is 23.0 Å². The summed E-state index contributed by atoms with van der Waals surface area (Å²) in [5.41, 5.74) is 5.46. The average Bonchev–Trinajstić information content (AvgIpc) is 2.89. The van der Waals surface area contributed by atoms with E-state index in [2.05, 4.69) is 9.98 Å². The lowest BCUT2D eigenvalue weighted by Gasteiger charge is -2.16. The third kappa shape index (κ3) is 5.30. The first-order chi connectivity index (χ1) is 17.9. The molecular weight excluding hydrogens is 486 g/mol. The molecule has 0 spiro atoms. The van der Waals surface area contributed by atoms with Crippen LogP contribution < -0.4 is 10.3 Å². The summed E-state index contributed by atoms with van der Waals surface area (Å²) in [6, 6.07) is 14.6. The van der Waals surface area contributed by atoms with Crippen molar-refractivity contribution in [2.45, 2.75) is 33.9 Å². The molecule has 0 bridgehead atoms. The van der Waals surface area contributed by atoms with Gasteiger partial charge in [-0.05, 0) is 56.7 Å². The number of allylic oxidation sites excluding steroid dienone is 2. The van der Waals surface area contributed by atoms with Crippen LogP contribution in [0.25, 0.3) is 10.9 Å². The highest BCUT2D eigenvalue weighted by molar-refractivity contribution is 6.31. The number of rotatable bonds is 7. The van der Waals surface area contributed by atoms with Crippen molar-refractivity contribution in [3.8, 4) is 11.8 Å². The Kier molecular flexibility index (Phi) is 7.80. The number of para-hydroxylation sites is 1. The Morgan fingerprint density at radius 3 is 2.81 bits per heavy atom. The molecule has 0 saturated carbocycles. The zero-order valence-electron chi connectivity index (χ0n) is 21.1. The lowest BCUT2D eigenvalue weighted by molar-refractivity contribution is 0.307. The molecule has 4 rings (SSSR count). The molecule has 3 heterocycles. The quantitative estimate of drug-likeness (QED) is 0.299. The fraction of sp³-hybridized carbons (Fsp3) is 0.207. The number of benzene rings is 1.